The Morgan fingerprint density at radius 1 is 1.33 bits per heavy atom. The maximum absolute atomic E-state index is 12.4. The van der Waals surface area contributed by atoms with Crippen LogP contribution in [0.2, 0.25) is 0 Å². The molecule has 2 rings (SSSR count). The van der Waals surface area contributed by atoms with Crippen molar-refractivity contribution in [2.45, 2.75) is 30.0 Å². The van der Waals surface area contributed by atoms with Crippen molar-refractivity contribution >= 4 is 15.9 Å². The maximum atomic E-state index is 12.4. The van der Waals surface area contributed by atoms with Crippen LogP contribution in [0, 0.1) is 5.41 Å². The molecule has 52 valence electrons. The van der Waals surface area contributed by atoms with E-state index in [2.05, 4.69) is 15.9 Å². The van der Waals surface area contributed by atoms with Gasteiger partial charge in [-0.15, -0.1) is 0 Å². The van der Waals surface area contributed by atoms with Gasteiger partial charge in [0.15, 0.2) is 0 Å². The molecule has 3 heteroatoms. The number of rotatable bonds is 0. The van der Waals surface area contributed by atoms with E-state index < -0.39 is 11.3 Å². The third-order valence-corrected chi connectivity index (χ3v) is 3.08. The molecule has 2 aliphatic carbocycles. The third-order valence-electron chi connectivity index (χ3n) is 2.44. The van der Waals surface area contributed by atoms with Gasteiger partial charge >= 0.3 is 0 Å². The summed E-state index contributed by atoms with van der Waals surface area (Å²) in [6.45, 7) is 0. The first-order valence-electron chi connectivity index (χ1n) is 3.08. The minimum Gasteiger partial charge on any atom is -0.206 e. The zero-order chi connectivity index (χ0) is 6.70. The summed E-state index contributed by atoms with van der Waals surface area (Å²) in [5.74, 6) is -2.31. The largest absolute Gasteiger partial charge is 0.254 e. The Morgan fingerprint density at radius 3 is 1.89 bits per heavy atom. The topological polar surface area (TPSA) is 0 Å². The zero-order valence-electron chi connectivity index (χ0n) is 4.83. The number of hydrogen-bond acceptors (Lipinski definition) is 0. The first kappa shape index (κ1) is 6.08. The van der Waals surface area contributed by atoms with Gasteiger partial charge in [-0.3, -0.25) is 0 Å². The Balaban J connectivity index is 2.03. The standard InChI is InChI=1S/C6H7BrF2/c7-4-1-5(2-4)3-6(5,8)9/h4H,1-3H2. The first-order chi connectivity index (χ1) is 4.06. The van der Waals surface area contributed by atoms with Crippen LogP contribution in [0.5, 0.6) is 0 Å². The predicted molar refractivity (Wildman–Crippen MR) is 33.9 cm³/mol. The number of halogens is 3. The summed E-state index contributed by atoms with van der Waals surface area (Å²) >= 11 is 3.29. The van der Waals surface area contributed by atoms with Crippen molar-refractivity contribution in [3.05, 3.63) is 0 Å². The fraction of sp³-hybridized carbons (Fsp3) is 1.00. The summed E-state index contributed by atoms with van der Waals surface area (Å²) in [4.78, 5) is 0.367. The summed E-state index contributed by atoms with van der Waals surface area (Å²) in [5.41, 5.74) is -0.541. The highest BCUT2D eigenvalue weighted by molar-refractivity contribution is 9.09. The monoisotopic (exact) mass is 196 g/mol. The Morgan fingerprint density at radius 2 is 1.78 bits per heavy atom. The molecule has 0 unspecified atom stereocenters. The van der Waals surface area contributed by atoms with Crippen LogP contribution < -0.4 is 0 Å². The molecule has 0 heterocycles. The minimum atomic E-state index is -2.31. The van der Waals surface area contributed by atoms with Gasteiger partial charge in [0.1, 0.15) is 0 Å². The molecule has 0 bridgehead atoms. The van der Waals surface area contributed by atoms with Crippen molar-refractivity contribution in [1.29, 1.82) is 0 Å². The second-order valence-corrected chi connectivity index (χ2v) is 4.46. The molecule has 1 spiro atoms. The van der Waals surface area contributed by atoms with E-state index in [0.717, 1.165) is 0 Å². The molecule has 2 saturated carbocycles. The van der Waals surface area contributed by atoms with Crippen LogP contribution in [0.25, 0.3) is 0 Å². The summed E-state index contributed by atoms with van der Waals surface area (Å²) in [6, 6.07) is 0. The molecule has 2 fully saturated rings. The molecule has 0 aromatic heterocycles. The summed E-state index contributed by atoms with van der Waals surface area (Å²) in [5, 5.41) is 0. The molecule has 0 saturated heterocycles. The van der Waals surface area contributed by atoms with Gasteiger partial charge in [-0.1, -0.05) is 15.9 Å². The maximum Gasteiger partial charge on any atom is 0.254 e. The van der Waals surface area contributed by atoms with Gasteiger partial charge in [-0.2, -0.15) is 0 Å². The second kappa shape index (κ2) is 1.34. The normalized spacial score (nSPS) is 53.0. The number of alkyl halides is 3. The first-order valence-corrected chi connectivity index (χ1v) is 3.99. The molecular weight excluding hydrogens is 190 g/mol. The van der Waals surface area contributed by atoms with Gasteiger partial charge < -0.3 is 0 Å². The fourth-order valence-corrected chi connectivity index (χ4v) is 2.85. The van der Waals surface area contributed by atoms with Crippen LogP contribution in [-0.4, -0.2) is 10.7 Å². The van der Waals surface area contributed by atoms with Crippen LogP contribution in [0.15, 0.2) is 0 Å². The fourth-order valence-electron chi connectivity index (χ4n) is 1.61. The van der Waals surface area contributed by atoms with E-state index in [9.17, 15) is 8.78 Å². The quantitative estimate of drug-likeness (QED) is 0.523. The lowest BCUT2D eigenvalue weighted by Crippen LogP contribution is -2.30. The lowest BCUT2D eigenvalue weighted by atomic mass is 9.81. The van der Waals surface area contributed by atoms with Gasteiger partial charge in [-0.05, 0) is 12.8 Å². The van der Waals surface area contributed by atoms with Gasteiger partial charge in [-0.25, -0.2) is 8.78 Å². The summed E-state index contributed by atoms with van der Waals surface area (Å²) in [7, 11) is 0. The van der Waals surface area contributed by atoms with Crippen molar-refractivity contribution in [3.63, 3.8) is 0 Å². The van der Waals surface area contributed by atoms with Crippen molar-refractivity contribution in [3.8, 4) is 0 Å². The van der Waals surface area contributed by atoms with Gasteiger partial charge in [0.05, 0.1) is 0 Å². The summed E-state index contributed by atoms with van der Waals surface area (Å²) < 4.78 is 24.8. The Kier molecular flexibility index (Phi) is 0.902. The van der Waals surface area contributed by atoms with Crippen molar-refractivity contribution in [2.24, 2.45) is 5.41 Å². The molecule has 2 aliphatic rings. The molecule has 0 aromatic carbocycles. The summed E-state index contributed by atoms with van der Waals surface area (Å²) in [6.07, 6.45) is 1.50. The van der Waals surface area contributed by atoms with Crippen LogP contribution in [0.4, 0.5) is 8.78 Å². The lowest BCUT2D eigenvalue weighted by Gasteiger charge is -2.31. The molecule has 0 radical (unpaired) electrons. The molecule has 0 amide bonds. The highest BCUT2D eigenvalue weighted by Gasteiger charge is 2.75. The lowest BCUT2D eigenvalue weighted by molar-refractivity contribution is 0.0339. The van der Waals surface area contributed by atoms with E-state index in [4.69, 9.17) is 0 Å². The molecule has 9 heavy (non-hydrogen) atoms. The smallest absolute Gasteiger partial charge is 0.206 e. The van der Waals surface area contributed by atoms with E-state index in [0.29, 0.717) is 17.7 Å². The third kappa shape index (κ3) is 0.615. The van der Waals surface area contributed by atoms with E-state index in [1.165, 1.54) is 0 Å². The van der Waals surface area contributed by atoms with Crippen molar-refractivity contribution in [2.75, 3.05) is 0 Å². The highest BCUT2D eigenvalue weighted by Crippen LogP contribution is 2.72. The van der Waals surface area contributed by atoms with E-state index in [1.54, 1.807) is 0 Å². The average molecular weight is 197 g/mol. The van der Waals surface area contributed by atoms with Crippen LogP contribution in [0.3, 0.4) is 0 Å². The Labute approximate surface area is 60.8 Å². The number of hydrogen-bond donors (Lipinski definition) is 0. The molecule has 0 aromatic rings. The van der Waals surface area contributed by atoms with Crippen LogP contribution >= 0.6 is 15.9 Å². The zero-order valence-corrected chi connectivity index (χ0v) is 6.42. The van der Waals surface area contributed by atoms with Gasteiger partial charge in [0, 0.05) is 16.7 Å². The van der Waals surface area contributed by atoms with E-state index >= 15 is 0 Å². The van der Waals surface area contributed by atoms with Crippen LogP contribution in [0.1, 0.15) is 19.3 Å². The Hall–Kier alpha value is 0.340. The van der Waals surface area contributed by atoms with Gasteiger partial charge in [0.2, 0.25) is 0 Å². The van der Waals surface area contributed by atoms with Crippen molar-refractivity contribution in [1.82, 2.24) is 0 Å². The van der Waals surface area contributed by atoms with Crippen LogP contribution in [-0.2, 0) is 0 Å². The van der Waals surface area contributed by atoms with Crippen molar-refractivity contribution < 1.29 is 8.78 Å². The van der Waals surface area contributed by atoms with E-state index in [1.807, 2.05) is 0 Å². The minimum absolute atomic E-state index is 0.141. The average Bonchev–Trinajstić information content (AvgIpc) is 2.06. The molecule has 0 atom stereocenters. The Bertz CT molecular complexity index is 149. The molecule has 0 N–H and O–H groups in total. The second-order valence-electron chi connectivity index (χ2n) is 3.17. The molecule has 0 nitrogen and oxygen atoms in total. The molecule has 0 aliphatic heterocycles. The predicted octanol–water partition coefficient (Wildman–Crippen LogP) is 2.57. The molecular formula is C6H7BrF2. The van der Waals surface area contributed by atoms with E-state index in [-0.39, 0.29) is 6.42 Å². The SMILES string of the molecule is FC1(F)CC12CC(Br)C2. The highest BCUT2D eigenvalue weighted by atomic mass is 79.9. The van der Waals surface area contributed by atoms with Gasteiger partial charge in [0.25, 0.3) is 5.92 Å².